The lowest BCUT2D eigenvalue weighted by Crippen LogP contribution is -2.32. The van der Waals surface area contributed by atoms with Crippen molar-refractivity contribution in [3.05, 3.63) is 69.6 Å². The van der Waals surface area contributed by atoms with Gasteiger partial charge in [-0.15, -0.1) is 0 Å². The molecule has 1 amide bonds. The molecule has 130 valence electrons. The average Bonchev–Trinajstić information content (AvgIpc) is 3.45. The Labute approximate surface area is 146 Å². The van der Waals surface area contributed by atoms with Crippen LogP contribution >= 0.6 is 0 Å². The maximum Gasteiger partial charge on any atom is 0.263 e. The molecule has 0 spiro atoms. The number of aromatic nitrogens is 1. The Morgan fingerprint density at radius 1 is 1.20 bits per heavy atom. The van der Waals surface area contributed by atoms with E-state index in [0.717, 1.165) is 18.4 Å². The number of benzene rings is 1. The first-order valence-electron chi connectivity index (χ1n) is 8.62. The highest BCUT2D eigenvalue weighted by atomic mass is 16.2. The first-order chi connectivity index (χ1) is 12.1. The molecule has 2 aromatic rings. The topological polar surface area (TPSA) is 68.2 Å². The number of amides is 1. The van der Waals surface area contributed by atoms with Crippen molar-refractivity contribution in [2.45, 2.75) is 32.2 Å². The number of hydrogen-bond donors (Lipinski definition) is 1. The number of Topliss-reactive ketones (excluding diaryl/α,β-unsaturated/α-hetero) is 1. The van der Waals surface area contributed by atoms with E-state index < -0.39 is 5.91 Å². The Balaban J connectivity index is 1.89. The van der Waals surface area contributed by atoms with Crippen molar-refractivity contribution in [1.29, 1.82) is 0 Å². The zero-order valence-electron chi connectivity index (χ0n) is 14.3. The Morgan fingerprint density at radius 3 is 2.56 bits per heavy atom. The monoisotopic (exact) mass is 338 g/mol. The molecule has 1 heterocycles. The van der Waals surface area contributed by atoms with Gasteiger partial charge in [-0.05, 0) is 36.8 Å². The minimum Gasteiger partial charge on any atom is -0.355 e. The molecule has 1 fully saturated rings. The van der Waals surface area contributed by atoms with Crippen LogP contribution in [0.4, 0.5) is 0 Å². The number of nitrogens with one attached hydrogen (secondary N) is 1. The van der Waals surface area contributed by atoms with Gasteiger partial charge in [0, 0.05) is 31.8 Å². The molecule has 5 heteroatoms. The molecule has 1 N–H and O–H groups in total. The molecule has 0 atom stereocenters. The summed E-state index contributed by atoms with van der Waals surface area (Å²) in [4.78, 5) is 37.1. The molecule has 1 aromatic heterocycles. The van der Waals surface area contributed by atoms with Crippen molar-refractivity contribution in [2.24, 2.45) is 5.92 Å². The van der Waals surface area contributed by atoms with E-state index >= 15 is 0 Å². The summed E-state index contributed by atoms with van der Waals surface area (Å²) >= 11 is 0. The predicted molar refractivity (Wildman–Crippen MR) is 95.9 cm³/mol. The zero-order chi connectivity index (χ0) is 17.8. The van der Waals surface area contributed by atoms with Crippen molar-refractivity contribution < 1.29 is 9.59 Å². The van der Waals surface area contributed by atoms with E-state index in [-0.39, 0.29) is 16.9 Å². The summed E-state index contributed by atoms with van der Waals surface area (Å²) < 4.78 is 1.48. The third-order valence-electron chi connectivity index (χ3n) is 4.53. The Bertz CT molecular complexity index is 836. The van der Waals surface area contributed by atoms with E-state index in [1.165, 1.54) is 17.7 Å². The summed E-state index contributed by atoms with van der Waals surface area (Å²) in [5.74, 6) is 0.00120. The summed E-state index contributed by atoms with van der Waals surface area (Å²) in [7, 11) is 1.48. The molecule has 25 heavy (non-hydrogen) atoms. The second-order valence-electron chi connectivity index (χ2n) is 6.53. The fraction of sp³-hybridized carbons (Fsp3) is 0.350. The number of nitrogens with zero attached hydrogens (tertiary/aromatic N) is 1. The smallest absolute Gasteiger partial charge is 0.263 e. The normalized spacial score (nSPS) is 13.5. The largest absolute Gasteiger partial charge is 0.355 e. The van der Waals surface area contributed by atoms with Gasteiger partial charge in [0.2, 0.25) is 0 Å². The van der Waals surface area contributed by atoms with E-state index in [4.69, 9.17) is 0 Å². The Morgan fingerprint density at radius 2 is 1.92 bits per heavy atom. The van der Waals surface area contributed by atoms with E-state index in [1.54, 1.807) is 6.20 Å². The van der Waals surface area contributed by atoms with E-state index in [9.17, 15) is 14.4 Å². The van der Waals surface area contributed by atoms with Gasteiger partial charge < -0.3 is 9.88 Å². The molecule has 1 aromatic carbocycles. The molecule has 1 saturated carbocycles. The number of carbonyl (C=O) groups is 2. The maximum absolute atomic E-state index is 12.6. The van der Waals surface area contributed by atoms with Crippen LogP contribution in [0.3, 0.4) is 0 Å². The van der Waals surface area contributed by atoms with Crippen LogP contribution in [0.2, 0.25) is 0 Å². The SMILES string of the molecule is CNC(=O)c1cc(C(=O)CC2CC2)cn(CCc2ccccc2)c1=O. The van der Waals surface area contributed by atoms with Gasteiger partial charge in [-0.2, -0.15) is 0 Å². The third-order valence-corrected chi connectivity index (χ3v) is 4.53. The molecule has 0 aliphatic heterocycles. The minimum atomic E-state index is -0.459. The molecular formula is C20H22N2O3. The molecule has 1 aliphatic carbocycles. The van der Waals surface area contributed by atoms with Gasteiger partial charge in [0.25, 0.3) is 11.5 Å². The average molecular weight is 338 g/mol. The van der Waals surface area contributed by atoms with Crippen LogP contribution in [-0.4, -0.2) is 23.3 Å². The highest BCUT2D eigenvalue weighted by molar-refractivity contribution is 6.00. The third kappa shape index (κ3) is 4.24. The molecule has 0 unspecified atom stereocenters. The predicted octanol–water partition coefficient (Wildman–Crippen LogP) is 2.43. The molecule has 0 radical (unpaired) electrons. The maximum atomic E-state index is 12.6. The molecule has 3 rings (SSSR count). The van der Waals surface area contributed by atoms with Crippen molar-refractivity contribution in [3.63, 3.8) is 0 Å². The van der Waals surface area contributed by atoms with E-state index in [0.29, 0.717) is 30.9 Å². The number of carbonyl (C=O) groups excluding carboxylic acids is 2. The lowest BCUT2D eigenvalue weighted by Gasteiger charge is -2.11. The van der Waals surface area contributed by atoms with Crippen LogP contribution in [0.5, 0.6) is 0 Å². The Hall–Kier alpha value is -2.69. The van der Waals surface area contributed by atoms with Gasteiger partial charge in [-0.1, -0.05) is 30.3 Å². The lowest BCUT2D eigenvalue weighted by molar-refractivity contribution is 0.0961. The zero-order valence-corrected chi connectivity index (χ0v) is 14.3. The number of hydrogen-bond acceptors (Lipinski definition) is 3. The molecule has 0 saturated heterocycles. The van der Waals surface area contributed by atoms with Gasteiger partial charge in [0.15, 0.2) is 5.78 Å². The quantitative estimate of drug-likeness (QED) is 0.789. The van der Waals surface area contributed by atoms with E-state index in [1.807, 2.05) is 30.3 Å². The summed E-state index contributed by atoms with van der Waals surface area (Å²) in [6.45, 7) is 0.428. The second kappa shape index (κ2) is 7.47. The van der Waals surface area contributed by atoms with Crippen LogP contribution < -0.4 is 10.9 Å². The van der Waals surface area contributed by atoms with Gasteiger partial charge in [0.05, 0.1) is 0 Å². The fourth-order valence-electron chi connectivity index (χ4n) is 2.85. The van der Waals surface area contributed by atoms with Gasteiger partial charge in [-0.25, -0.2) is 0 Å². The van der Waals surface area contributed by atoms with Crippen molar-refractivity contribution in [2.75, 3.05) is 7.05 Å². The Kier molecular flexibility index (Phi) is 5.12. The van der Waals surface area contributed by atoms with Crippen molar-refractivity contribution in [3.8, 4) is 0 Å². The first-order valence-corrected chi connectivity index (χ1v) is 8.62. The van der Waals surface area contributed by atoms with Crippen LogP contribution in [-0.2, 0) is 13.0 Å². The highest BCUT2D eigenvalue weighted by Gasteiger charge is 2.26. The highest BCUT2D eigenvalue weighted by Crippen LogP contribution is 2.33. The number of aryl methyl sites for hydroxylation is 2. The van der Waals surface area contributed by atoms with Crippen molar-refractivity contribution in [1.82, 2.24) is 9.88 Å². The van der Waals surface area contributed by atoms with Crippen molar-refractivity contribution >= 4 is 11.7 Å². The summed E-state index contributed by atoms with van der Waals surface area (Å²) in [5, 5.41) is 2.48. The van der Waals surface area contributed by atoms with E-state index in [2.05, 4.69) is 5.32 Å². The van der Waals surface area contributed by atoms with Gasteiger partial charge in [0.1, 0.15) is 5.56 Å². The summed E-state index contributed by atoms with van der Waals surface area (Å²) in [6, 6.07) is 11.3. The van der Waals surface area contributed by atoms with Gasteiger partial charge in [-0.3, -0.25) is 14.4 Å². The van der Waals surface area contributed by atoms with Crippen LogP contribution in [0.15, 0.2) is 47.4 Å². The standard InChI is InChI=1S/C20H22N2O3/c1-21-19(24)17-12-16(18(23)11-15-7-8-15)13-22(20(17)25)10-9-14-5-3-2-4-6-14/h2-6,12-13,15H,7-11H2,1H3,(H,21,24). The van der Waals surface area contributed by atoms with Gasteiger partial charge >= 0.3 is 0 Å². The minimum absolute atomic E-state index is 0.00103. The molecule has 1 aliphatic rings. The molecule has 5 nitrogen and oxygen atoms in total. The number of ketones is 1. The lowest BCUT2D eigenvalue weighted by atomic mass is 10.0. The van der Waals surface area contributed by atoms with Crippen LogP contribution in [0, 0.1) is 5.92 Å². The second-order valence-corrected chi connectivity index (χ2v) is 6.53. The summed E-state index contributed by atoms with van der Waals surface area (Å²) in [6.07, 6.45) is 4.92. The van der Waals surface area contributed by atoms with Crippen LogP contribution in [0.25, 0.3) is 0 Å². The number of rotatable bonds is 7. The molecular weight excluding hydrogens is 316 g/mol. The first kappa shape index (κ1) is 17.1. The fourth-order valence-corrected chi connectivity index (χ4v) is 2.85. The van der Waals surface area contributed by atoms with Crippen LogP contribution in [0.1, 0.15) is 45.5 Å². The number of pyridine rings is 1. The summed E-state index contributed by atoms with van der Waals surface area (Å²) in [5.41, 5.74) is 1.21. The molecule has 0 bridgehead atoms.